The minimum Gasteiger partial charge on any atom is -0.529 e. The molecule has 0 fully saturated rings. The van der Waals surface area contributed by atoms with Crippen molar-refractivity contribution in [1.29, 1.82) is 0 Å². The molecule has 1 amide bonds. The van der Waals surface area contributed by atoms with Crippen molar-refractivity contribution >= 4 is 22.9 Å². The molecule has 0 aliphatic rings. The normalized spacial score (nSPS) is 10.4. The number of hydrazine groups is 1. The van der Waals surface area contributed by atoms with Gasteiger partial charge in [0.25, 0.3) is 5.56 Å². The van der Waals surface area contributed by atoms with Crippen LogP contribution in [0.1, 0.15) is 6.92 Å². The Balaban J connectivity index is 2.52. The van der Waals surface area contributed by atoms with E-state index in [1.165, 1.54) is 4.57 Å². The number of rotatable bonds is 3. The number of amides is 1. The Labute approximate surface area is 109 Å². The van der Waals surface area contributed by atoms with Crippen LogP contribution >= 0.6 is 0 Å². The fourth-order valence-corrected chi connectivity index (χ4v) is 1.73. The Hall–Kier alpha value is -2.57. The van der Waals surface area contributed by atoms with Crippen molar-refractivity contribution in [3.05, 3.63) is 34.6 Å². The Morgan fingerprint density at radius 2 is 2.16 bits per heavy atom. The largest absolute Gasteiger partial charge is 0.529 e. The summed E-state index contributed by atoms with van der Waals surface area (Å²) in [6.07, 6.45) is -1.42. The van der Waals surface area contributed by atoms with E-state index in [9.17, 15) is 14.7 Å². The molecule has 0 atom stereocenters. The summed E-state index contributed by atoms with van der Waals surface area (Å²) in [6, 6.07) is 7.11. The quantitative estimate of drug-likeness (QED) is 0.781. The molecule has 1 aromatic carbocycles. The number of nitrogens with zero attached hydrogens (tertiary/aromatic N) is 3. The minimum atomic E-state index is -1.42. The number of para-hydroxylation sites is 2. The maximum absolute atomic E-state index is 12.1. The third-order valence-corrected chi connectivity index (χ3v) is 2.76. The lowest BCUT2D eigenvalue weighted by atomic mass is 10.3. The Morgan fingerprint density at radius 3 is 2.79 bits per heavy atom. The predicted octanol–water partition coefficient (Wildman–Crippen LogP) is -0.0744. The van der Waals surface area contributed by atoms with Crippen molar-refractivity contribution in [1.82, 2.24) is 14.6 Å². The number of fused-ring (bicyclic) bond motifs is 1. The van der Waals surface area contributed by atoms with Crippen LogP contribution in [0.5, 0.6) is 0 Å². The van der Waals surface area contributed by atoms with Crippen LogP contribution in [0, 0.1) is 0 Å². The molecule has 1 heterocycles. The molecular weight excluding hydrogens is 248 g/mol. The van der Waals surface area contributed by atoms with E-state index in [2.05, 4.69) is 10.4 Å². The van der Waals surface area contributed by atoms with Gasteiger partial charge in [-0.3, -0.25) is 15.2 Å². The molecule has 2 aromatic rings. The zero-order valence-corrected chi connectivity index (χ0v) is 10.6. The van der Waals surface area contributed by atoms with E-state index < -0.39 is 11.7 Å². The lowest BCUT2D eigenvalue weighted by Gasteiger charge is -2.24. The molecule has 0 saturated carbocycles. The minimum absolute atomic E-state index is 0.0488. The summed E-state index contributed by atoms with van der Waals surface area (Å²) >= 11 is 0. The van der Waals surface area contributed by atoms with Crippen molar-refractivity contribution in [2.24, 2.45) is 7.05 Å². The molecule has 7 heteroatoms. The number of anilines is 1. The second-order valence-corrected chi connectivity index (χ2v) is 3.94. The highest BCUT2D eigenvalue weighted by Crippen LogP contribution is 2.10. The predicted molar refractivity (Wildman–Crippen MR) is 68.4 cm³/mol. The van der Waals surface area contributed by atoms with Gasteiger partial charge in [0, 0.05) is 13.6 Å². The Bertz CT molecular complexity index is 680. The molecule has 7 nitrogen and oxygen atoms in total. The molecular formula is C12H13N4O3-. The van der Waals surface area contributed by atoms with E-state index in [4.69, 9.17) is 0 Å². The second-order valence-electron chi connectivity index (χ2n) is 3.94. The molecule has 0 bridgehead atoms. The molecule has 2 rings (SSSR count). The summed E-state index contributed by atoms with van der Waals surface area (Å²) in [5.41, 5.74) is 3.33. The number of hydrogen-bond acceptors (Lipinski definition) is 5. The van der Waals surface area contributed by atoms with E-state index in [1.807, 2.05) is 0 Å². The standard InChI is InChI=1S/C12H14N4O3/c1-3-16(12(18)19)14-10-11(17)15(2)9-7-5-4-6-8(9)13-10/h4-7H,3H2,1-2H3,(H,13,14)(H,18,19)/p-1. The fraction of sp³-hybridized carbons (Fsp3) is 0.250. The van der Waals surface area contributed by atoms with Crippen LogP contribution in [-0.2, 0) is 7.05 Å². The van der Waals surface area contributed by atoms with Crippen molar-refractivity contribution in [3.8, 4) is 0 Å². The van der Waals surface area contributed by atoms with Crippen LogP contribution in [0.2, 0.25) is 0 Å². The summed E-state index contributed by atoms with van der Waals surface area (Å²) < 4.78 is 1.41. The van der Waals surface area contributed by atoms with Crippen molar-refractivity contribution in [2.75, 3.05) is 12.0 Å². The lowest BCUT2D eigenvalue weighted by molar-refractivity contribution is -0.263. The number of carbonyl (C=O) groups is 1. The fourth-order valence-electron chi connectivity index (χ4n) is 1.73. The molecule has 100 valence electrons. The summed E-state index contributed by atoms with van der Waals surface area (Å²) in [7, 11) is 1.60. The van der Waals surface area contributed by atoms with Gasteiger partial charge in [-0.05, 0) is 19.1 Å². The summed E-state index contributed by atoms with van der Waals surface area (Å²) in [4.78, 5) is 27.0. The number of aryl methyl sites for hydroxylation is 1. The van der Waals surface area contributed by atoms with Gasteiger partial charge in [0.1, 0.15) is 0 Å². The van der Waals surface area contributed by atoms with Crippen LogP contribution in [0.4, 0.5) is 10.6 Å². The molecule has 0 spiro atoms. The van der Waals surface area contributed by atoms with Gasteiger partial charge in [-0.1, -0.05) is 12.1 Å². The molecule has 1 aromatic heterocycles. The Morgan fingerprint density at radius 1 is 1.47 bits per heavy atom. The molecule has 0 radical (unpaired) electrons. The maximum atomic E-state index is 12.1. The summed E-state index contributed by atoms with van der Waals surface area (Å²) in [5, 5.41) is 11.6. The molecule has 0 aliphatic carbocycles. The van der Waals surface area contributed by atoms with Gasteiger partial charge in [-0.2, -0.15) is 0 Å². The number of aromatic nitrogens is 2. The molecule has 1 N–H and O–H groups in total. The number of carbonyl (C=O) groups excluding carboxylic acids is 1. The zero-order chi connectivity index (χ0) is 14.0. The van der Waals surface area contributed by atoms with Crippen molar-refractivity contribution < 1.29 is 9.90 Å². The molecule has 0 saturated heterocycles. The first-order valence-electron chi connectivity index (χ1n) is 5.75. The smallest absolute Gasteiger partial charge is 0.295 e. The second kappa shape index (κ2) is 4.97. The third kappa shape index (κ3) is 2.35. The monoisotopic (exact) mass is 261 g/mol. The maximum Gasteiger partial charge on any atom is 0.295 e. The number of hydrogen-bond donors (Lipinski definition) is 1. The van der Waals surface area contributed by atoms with Gasteiger partial charge < -0.3 is 14.5 Å². The van der Waals surface area contributed by atoms with E-state index in [0.29, 0.717) is 11.0 Å². The first-order valence-corrected chi connectivity index (χ1v) is 5.75. The van der Waals surface area contributed by atoms with Crippen LogP contribution in [0.25, 0.3) is 11.0 Å². The highest BCUT2D eigenvalue weighted by Gasteiger charge is 2.10. The van der Waals surface area contributed by atoms with Gasteiger partial charge >= 0.3 is 0 Å². The van der Waals surface area contributed by atoms with E-state index >= 15 is 0 Å². The number of carboxylic acid groups (broad SMARTS) is 1. The summed E-state index contributed by atoms with van der Waals surface area (Å²) in [6.45, 7) is 1.76. The Kier molecular flexibility index (Phi) is 3.37. The zero-order valence-electron chi connectivity index (χ0n) is 10.6. The van der Waals surface area contributed by atoms with E-state index in [-0.39, 0.29) is 12.4 Å². The lowest BCUT2D eigenvalue weighted by Crippen LogP contribution is -2.46. The van der Waals surface area contributed by atoms with Crippen molar-refractivity contribution in [3.63, 3.8) is 0 Å². The van der Waals surface area contributed by atoms with Crippen LogP contribution < -0.4 is 16.1 Å². The van der Waals surface area contributed by atoms with Crippen molar-refractivity contribution in [2.45, 2.75) is 6.92 Å². The molecule has 19 heavy (non-hydrogen) atoms. The van der Waals surface area contributed by atoms with Gasteiger partial charge in [0.15, 0.2) is 6.09 Å². The molecule has 0 unspecified atom stereocenters. The average Bonchev–Trinajstić information content (AvgIpc) is 2.41. The molecule has 0 aliphatic heterocycles. The summed E-state index contributed by atoms with van der Waals surface area (Å²) in [5.74, 6) is -0.0488. The topological polar surface area (TPSA) is 90.3 Å². The first kappa shape index (κ1) is 12.9. The van der Waals surface area contributed by atoms with Gasteiger partial charge in [0.05, 0.1) is 11.0 Å². The first-order chi connectivity index (χ1) is 9.04. The van der Waals surface area contributed by atoms with Crippen LogP contribution in [0.15, 0.2) is 29.1 Å². The highest BCUT2D eigenvalue weighted by atomic mass is 16.4. The van der Waals surface area contributed by atoms with Crippen LogP contribution in [-0.4, -0.2) is 27.2 Å². The highest BCUT2D eigenvalue weighted by molar-refractivity contribution is 5.76. The van der Waals surface area contributed by atoms with E-state index in [1.54, 1.807) is 38.2 Å². The van der Waals surface area contributed by atoms with E-state index in [0.717, 1.165) is 5.01 Å². The SMILES string of the molecule is CCN(Nc1nc2ccccc2n(C)c1=O)C(=O)[O-]. The van der Waals surface area contributed by atoms with Gasteiger partial charge in [-0.25, -0.2) is 4.98 Å². The van der Waals surface area contributed by atoms with Gasteiger partial charge in [0.2, 0.25) is 5.82 Å². The third-order valence-electron chi connectivity index (χ3n) is 2.76. The average molecular weight is 261 g/mol. The van der Waals surface area contributed by atoms with Crippen LogP contribution in [0.3, 0.4) is 0 Å². The number of nitrogens with one attached hydrogen (secondary N) is 1. The van der Waals surface area contributed by atoms with Gasteiger partial charge in [-0.15, -0.1) is 0 Å². The number of benzene rings is 1.